The van der Waals surface area contributed by atoms with Crippen molar-refractivity contribution in [2.75, 3.05) is 32.8 Å². The van der Waals surface area contributed by atoms with Crippen molar-refractivity contribution in [1.29, 1.82) is 0 Å². The summed E-state index contributed by atoms with van der Waals surface area (Å²) in [4.78, 5) is 2.00. The van der Waals surface area contributed by atoms with Crippen molar-refractivity contribution < 1.29 is 10.2 Å². The van der Waals surface area contributed by atoms with Crippen LogP contribution < -0.4 is 0 Å². The van der Waals surface area contributed by atoms with E-state index in [1.807, 2.05) is 4.90 Å². The fourth-order valence-corrected chi connectivity index (χ4v) is 3.19. The zero-order valence-corrected chi connectivity index (χ0v) is 12.6. The molecule has 0 bridgehead atoms. The summed E-state index contributed by atoms with van der Waals surface area (Å²) in [5.41, 5.74) is 4.05. The zero-order valence-electron chi connectivity index (χ0n) is 11.9. The number of aliphatic hydroxyl groups is 2. The van der Waals surface area contributed by atoms with E-state index in [0.717, 1.165) is 12.0 Å². The molecule has 0 aromatic heterocycles. The predicted molar refractivity (Wildman–Crippen MR) is 82.3 cm³/mol. The zero-order chi connectivity index (χ0) is 14.4. The molecule has 0 aliphatic heterocycles. The van der Waals surface area contributed by atoms with E-state index in [0.29, 0.717) is 19.6 Å². The number of hydrogen-bond donors (Lipinski definition) is 2. The van der Waals surface area contributed by atoms with E-state index in [4.69, 9.17) is 21.8 Å². The maximum Gasteiger partial charge on any atom is 0.0712 e. The molecule has 0 saturated heterocycles. The van der Waals surface area contributed by atoms with Crippen LogP contribution in [-0.4, -0.2) is 48.0 Å². The smallest absolute Gasteiger partial charge is 0.0712 e. The molecule has 4 heteroatoms. The van der Waals surface area contributed by atoms with E-state index >= 15 is 0 Å². The van der Waals surface area contributed by atoms with Gasteiger partial charge in [-0.25, -0.2) is 0 Å². The van der Waals surface area contributed by atoms with Crippen molar-refractivity contribution in [2.45, 2.75) is 31.1 Å². The van der Waals surface area contributed by atoms with E-state index in [1.54, 1.807) is 0 Å². The van der Waals surface area contributed by atoms with E-state index in [2.05, 4.69) is 18.2 Å². The molecule has 1 unspecified atom stereocenters. The van der Waals surface area contributed by atoms with Gasteiger partial charge in [0.1, 0.15) is 0 Å². The van der Waals surface area contributed by atoms with E-state index in [9.17, 15) is 0 Å². The summed E-state index contributed by atoms with van der Waals surface area (Å²) < 4.78 is 0. The number of alkyl halides is 1. The Balaban J connectivity index is 2.02. The Bertz CT molecular complexity index is 419. The molecule has 1 atom stereocenters. The Kier molecular flexibility index (Phi) is 6.30. The summed E-state index contributed by atoms with van der Waals surface area (Å²) >= 11 is 6.51. The first-order valence-corrected chi connectivity index (χ1v) is 7.88. The summed E-state index contributed by atoms with van der Waals surface area (Å²) in [5.74, 6) is 0. The maximum atomic E-state index is 9.04. The van der Waals surface area contributed by atoms with Gasteiger partial charge in [-0.2, -0.15) is 0 Å². The Morgan fingerprint density at radius 1 is 1.05 bits per heavy atom. The summed E-state index contributed by atoms with van der Waals surface area (Å²) in [5, 5.41) is 18.0. The lowest BCUT2D eigenvalue weighted by atomic mass is 9.90. The quantitative estimate of drug-likeness (QED) is 0.758. The lowest BCUT2D eigenvalue weighted by molar-refractivity contribution is 0.161. The SMILES string of the molecule is OCCN(CCO)CC(Cl)c1ccc2c(c1)CCCC2. The van der Waals surface area contributed by atoms with Crippen molar-refractivity contribution in [3.05, 3.63) is 34.9 Å². The van der Waals surface area contributed by atoms with Crippen LogP contribution in [0, 0.1) is 0 Å². The lowest BCUT2D eigenvalue weighted by Gasteiger charge is -2.24. The lowest BCUT2D eigenvalue weighted by Crippen LogP contribution is -2.32. The van der Waals surface area contributed by atoms with Crippen molar-refractivity contribution in [3.63, 3.8) is 0 Å². The highest BCUT2D eigenvalue weighted by Gasteiger charge is 2.16. The average molecular weight is 298 g/mol. The van der Waals surface area contributed by atoms with Gasteiger partial charge in [-0.05, 0) is 42.4 Å². The molecular weight excluding hydrogens is 274 g/mol. The van der Waals surface area contributed by atoms with Crippen LogP contribution >= 0.6 is 11.6 Å². The van der Waals surface area contributed by atoms with Crippen LogP contribution in [0.5, 0.6) is 0 Å². The van der Waals surface area contributed by atoms with Crippen LogP contribution in [0.2, 0.25) is 0 Å². The molecule has 112 valence electrons. The molecule has 0 heterocycles. The third-order valence-corrected chi connectivity index (χ3v) is 4.38. The molecule has 0 amide bonds. The molecule has 2 N–H and O–H groups in total. The van der Waals surface area contributed by atoms with Crippen LogP contribution in [0.3, 0.4) is 0 Å². The van der Waals surface area contributed by atoms with Crippen molar-refractivity contribution in [1.82, 2.24) is 4.90 Å². The van der Waals surface area contributed by atoms with Gasteiger partial charge in [0.15, 0.2) is 0 Å². The minimum atomic E-state index is -0.0969. The van der Waals surface area contributed by atoms with Crippen LogP contribution in [0.25, 0.3) is 0 Å². The van der Waals surface area contributed by atoms with Crippen molar-refractivity contribution >= 4 is 11.6 Å². The summed E-state index contributed by atoms with van der Waals surface area (Å²) in [6.07, 6.45) is 4.90. The molecule has 2 rings (SSSR count). The van der Waals surface area contributed by atoms with E-state index < -0.39 is 0 Å². The van der Waals surface area contributed by atoms with Gasteiger partial charge in [-0.1, -0.05) is 18.2 Å². The first kappa shape index (κ1) is 15.8. The summed E-state index contributed by atoms with van der Waals surface area (Å²) in [7, 11) is 0. The Morgan fingerprint density at radius 2 is 1.70 bits per heavy atom. The highest BCUT2D eigenvalue weighted by Crippen LogP contribution is 2.28. The number of benzene rings is 1. The third-order valence-electron chi connectivity index (χ3n) is 3.99. The fraction of sp³-hybridized carbons (Fsp3) is 0.625. The Morgan fingerprint density at radius 3 is 2.35 bits per heavy atom. The minimum absolute atomic E-state index is 0.0911. The van der Waals surface area contributed by atoms with Gasteiger partial charge in [-0.15, -0.1) is 11.6 Å². The standard InChI is InChI=1S/C16H24ClNO2/c17-16(12-18(7-9-19)8-10-20)15-6-5-13-3-1-2-4-14(13)11-15/h5-6,11,16,19-20H,1-4,7-10,12H2. The van der Waals surface area contributed by atoms with Crippen LogP contribution in [0.1, 0.15) is 34.9 Å². The van der Waals surface area contributed by atoms with Gasteiger partial charge in [0, 0.05) is 19.6 Å². The first-order valence-electron chi connectivity index (χ1n) is 7.44. The fourth-order valence-electron chi connectivity index (χ4n) is 2.86. The molecule has 0 radical (unpaired) electrons. The second kappa shape index (κ2) is 7.99. The topological polar surface area (TPSA) is 43.7 Å². The molecule has 0 saturated carbocycles. The second-order valence-corrected chi connectivity index (χ2v) is 5.98. The number of halogens is 1. The first-order chi connectivity index (χ1) is 9.74. The summed E-state index contributed by atoms with van der Waals surface area (Å²) in [6, 6.07) is 6.57. The molecule has 0 fully saturated rings. The number of aryl methyl sites for hydroxylation is 2. The highest BCUT2D eigenvalue weighted by atomic mass is 35.5. The molecular formula is C16H24ClNO2. The van der Waals surface area contributed by atoms with Crippen LogP contribution in [-0.2, 0) is 12.8 Å². The van der Waals surface area contributed by atoms with Gasteiger partial charge in [0.2, 0.25) is 0 Å². The van der Waals surface area contributed by atoms with Crippen molar-refractivity contribution in [3.8, 4) is 0 Å². The third kappa shape index (κ3) is 4.19. The molecule has 1 aromatic rings. The number of rotatable bonds is 7. The van der Waals surface area contributed by atoms with Crippen LogP contribution in [0.4, 0.5) is 0 Å². The van der Waals surface area contributed by atoms with Gasteiger partial charge in [0.25, 0.3) is 0 Å². The number of aliphatic hydroxyl groups excluding tert-OH is 2. The average Bonchev–Trinajstić information content (AvgIpc) is 2.47. The van der Waals surface area contributed by atoms with E-state index in [1.165, 1.54) is 30.4 Å². The highest BCUT2D eigenvalue weighted by molar-refractivity contribution is 6.21. The van der Waals surface area contributed by atoms with Gasteiger partial charge < -0.3 is 10.2 Å². The minimum Gasteiger partial charge on any atom is -0.395 e. The Hall–Kier alpha value is -0.610. The van der Waals surface area contributed by atoms with Gasteiger partial charge in [0.05, 0.1) is 18.6 Å². The van der Waals surface area contributed by atoms with E-state index in [-0.39, 0.29) is 18.6 Å². The Labute approximate surface area is 126 Å². The number of nitrogens with zero attached hydrogens (tertiary/aromatic N) is 1. The van der Waals surface area contributed by atoms with Gasteiger partial charge >= 0.3 is 0 Å². The predicted octanol–water partition coefficient (Wildman–Crippen LogP) is 2.13. The number of hydrogen-bond acceptors (Lipinski definition) is 3. The molecule has 0 spiro atoms. The molecule has 1 aromatic carbocycles. The molecule has 3 nitrogen and oxygen atoms in total. The second-order valence-electron chi connectivity index (χ2n) is 5.45. The maximum absolute atomic E-state index is 9.04. The molecule has 1 aliphatic rings. The summed E-state index contributed by atoms with van der Waals surface area (Å²) in [6.45, 7) is 1.94. The van der Waals surface area contributed by atoms with Crippen LogP contribution in [0.15, 0.2) is 18.2 Å². The molecule has 1 aliphatic carbocycles. The largest absolute Gasteiger partial charge is 0.395 e. The normalized spacial score (nSPS) is 16.2. The van der Waals surface area contributed by atoms with Crippen molar-refractivity contribution in [2.24, 2.45) is 0 Å². The monoisotopic (exact) mass is 297 g/mol. The van der Waals surface area contributed by atoms with Gasteiger partial charge in [-0.3, -0.25) is 4.90 Å². The molecule has 20 heavy (non-hydrogen) atoms. The number of fused-ring (bicyclic) bond motifs is 1.